The summed E-state index contributed by atoms with van der Waals surface area (Å²) >= 11 is 4.42. The lowest BCUT2D eigenvalue weighted by Crippen LogP contribution is -2.45. The molecular formula is C17H27N5OS. The molecule has 0 saturated carbocycles. The van der Waals surface area contributed by atoms with Crippen molar-refractivity contribution in [2.24, 2.45) is 15.7 Å². The Labute approximate surface area is 149 Å². The Morgan fingerprint density at radius 3 is 2.88 bits per heavy atom. The maximum atomic E-state index is 5.81. The van der Waals surface area contributed by atoms with E-state index in [9.17, 15) is 0 Å². The van der Waals surface area contributed by atoms with Crippen molar-refractivity contribution in [3.8, 4) is 5.75 Å². The molecule has 0 saturated heterocycles. The first kappa shape index (κ1) is 18.4. The molecule has 0 bridgehead atoms. The van der Waals surface area contributed by atoms with Crippen molar-refractivity contribution in [2.75, 3.05) is 6.61 Å². The molecule has 0 radical (unpaired) electrons. The Kier molecular flexibility index (Phi) is 6.36. The number of benzene rings is 1. The Morgan fingerprint density at radius 1 is 1.46 bits per heavy atom. The van der Waals surface area contributed by atoms with Crippen LogP contribution in [0.25, 0.3) is 0 Å². The monoisotopic (exact) mass is 349 g/mol. The van der Waals surface area contributed by atoms with Gasteiger partial charge >= 0.3 is 0 Å². The van der Waals surface area contributed by atoms with E-state index in [0.29, 0.717) is 5.96 Å². The van der Waals surface area contributed by atoms with Gasteiger partial charge in [-0.05, 0) is 44.4 Å². The van der Waals surface area contributed by atoms with E-state index >= 15 is 0 Å². The second-order valence-electron chi connectivity index (χ2n) is 5.99. The Hall–Kier alpha value is -1.89. The number of guanidine groups is 2. The summed E-state index contributed by atoms with van der Waals surface area (Å²) in [7, 11) is 0. The predicted molar refractivity (Wildman–Crippen MR) is 102 cm³/mol. The number of nitrogens with one attached hydrogen (secondary N) is 1. The van der Waals surface area contributed by atoms with Gasteiger partial charge in [0.1, 0.15) is 11.9 Å². The Bertz CT molecular complexity index is 631. The number of rotatable bonds is 6. The molecule has 3 N–H and O–H groups in total. The quantitative estimate of drug-likeness (QED) is 0.545. The molecule has 6 nitrogen and oxygen atoms in total. The second kappa shape index (κ2) is 8.28. The molecule has 1 heterocycles. The molecular weight excluding hydrogens is 322 g/mol. The normalized spacial score (nSPS) is 18.7. The molecule has 1 aliphatic heterocycles. The predicted octanol–water partition coefficient (Wildman–Crippen LogP) is 3.00. The number of hydrogen-bond acceptors (Lipinski definition) is 7. The summed E-state index contributed by atoms with van der Waals surface area (Å²) in [5.41, 5.74) is 8.01. The van der Waals surface area contributed by atoms with Crippen LogP contribution >= 0.6 is 12.8 Å². The average molecular weight is 350 g/mol. The fourth-order valence-corrected chi connectivity index (χ4v) is 2.57. The number of ether oxygens (including phenoxy) is 1. The fourth-order valence-electron chi connectivity index (χ4n) is 2.42. The van der Waals surface area contributed by atoms with Crippen molar-refractivity contribution >= 4 is 24.7 Å². The number of hydrogen-bond donors (Lipinski definition) is 3. The van der Waals surface area contributed by atoms with Crippen LogP contribution in [0.3, 0.4) is 0 Å². The molecule has 1 aromatic rings. The highest BCUT2D eigenvalue weighted by Gasteiger charge is 2.21. The van der Waals surface area contributed by atoms with Crippen molar-refractivity contribution in [3.05, 3.63) is 29.3 Å². The number of unbranched alkanes of at least 4 members (excludes halogenated alkanes) is 1. The first-order valence-corrected chi connectivity index (χ1v) is 8.72. The highest BCUT2D eigenvalue weighted by Crippen LogP contribution is 2.23. The molecule has 1 aliphatic rings. The maximum absolute atomic E-state index is 5.81. The van der Waals surface area contributed by atoms with Crippen molar-refractivity contribution in [3.63, 3.8) is 0 Å². The summed E-state index contributed by atoms with van der Waals surface area (Å²) in [5, 5.41) is 3.34. The topological polar surface area (TPSA) is 75.2 Å². The molecule has 1 aromatic carbocycles. The van der Waals surface area contributed by atoms with Crippen LogP contribution in [0.5, 0.6) is 5.75 Å². The molecule has 7 heteroatoms. The van der Waals surface area contributed by atoms with Gasteiger partial charge in [0.15, 0.2) is 0 Å². The standard InChI is InChI=1S/C17H27N5OS/c1-5-6-9-23-15-8-7-14(10-11(15)2)12(3)19-17-21-16(18)20-13(4)22(17)24/h7-8,10,12-13,24H,5-6,9H2,1-4H3,(H3,18,19,20,21). The number of nitrogens with two attached hydrogens (primary N) is 1. The van der Waals surface area contributed by atoms with Crippen LogP contribution in [-0.2, 0) is 0 Å². The first-order chi connectivity index (χ1) is 11.4. The van der Waals surface area contributed by atoms with E-state index in [-0.39, 0.29) is 18.2 Å². The summed E-state index contributed by atoms with van der Waals surface area (Å²) in [6, 6.07) is 6.28. The molecule has 0 aliphatic carbocycles. The summed E-state index contributed by atoms with van der Waals surface area (Å²) in [4.78, 5) is 8.38. The van der Waals surface area contributed by atoms with Gasteiger partial charge in [0, 0.05) is 0 Å². The molecule has 24 heavy (non-hydrogen) atoms. The van der Waals surface area contributed by atoms with E-state index in [1.807, 2.05) is 13.0 Å². The summed E-state index contributed by atoms with van der Waals surface area (Å²) in [6.07, 6.45) is 2.04. The van der Waals surface area contributed by atoms with Crippen molar-refractivity contribution in [1.82, 2.24) is 9.62 Å². The van der Waals surface area contributed by atoms with Gasteiger partial charge in [0.2, 0.25) is 11.9 Å². The van der Waals surface area contributed by atoms with Crippen LogP contribution in [-0.4, -0.2) is 29.0 Å². The van der Waals surface area contributed by atoms with Gasteiger partial charge < -0.3 is 15.8 Å². The van der Waals surface area contributed by atoms with Crippen LogP contribution in [0.2, 0.25) is 0 Å². The van der Waals surface area contributed by atoms with Crippen LogP contribution in [0.4, 0.5) is 0 Å². The smallest absolute Gasteiger partial charge is 0.220 e. The molecule has 132 valence electrons. The van der Waals surface area contributed by atoms with E-state index in [0.717, 1.165) is 36.3 Å². The number of aliphatic imine (C=N–C) groups is 2. The molecule has 0 fully saturated rings. The Balaban J connectivity index is 2.06. The van der Waals surface area contributed by atoms with Gasteiger partial charge in [-0.3, -0.25) is 4.31 Å². The minimum atomic E-state index is -0.156. The van der Waals surface area contributed by atoms with Gasteiger partial charge in [-0.15, -0.1) is 0 Å². The molecule has 2 unspecified atom stereocenters. The third kappa shape index (κ3) is 4.56. The van der Waals surface area contributed by atoms with Crippen LogP contribution in [0.1, 0.15) is 50.8 Å². The SMILES string of the molecule is CCCCOc1ccc(C(C)NC2=NC(N)=NC(C)N2S)cc1C. The molecule has 2 rings (SSSR count). The fraction of sp³-hybridized carbons (Fsp3) is 0.529. The van der Waals surface area contributed by atoms with Gasteiger partial charge in [0.25, 0.3) is 0 Å². The minimum absolute atomic E-state index is 0.0555. The zero-order chi connectivity index (χ0) is 17.7. The van der Waals surface area contributed by atoms with E-state index < -0.39 is 0 Å². The highest BCUT2D eigenvalue weighted by molar-refractivity contribution is 7.78. The lowest BCUT2D eigenvalue weighted by molar-refractivity contribution is 0.307. The lowest BCUT2D eigenvalue weighted by Gasteiger charge is -2.29. The molecule has 0 aromatic heterocycles. The molecule has 0 amide bonds. The van der Waals surface area contributed by atoms with Gasteiger partial charge in [-0.1, -0.05) is 38.3 Å². The largest absolute Gasteiger partial charge is 0.493 e. The maximum Gasteiger partial charge on any atom is 0.220 e. The minimum Gasteiger partial charge on any atom is -0.493 e. The Morgan fingerprint density at radius 2 is 2.21 bits per heavy atom. The third-order valence-corrected chi connectivity index (χ3v) is 4.43. The van der Waals surface area contributed by atoms with E-state index in [2.05, 4.69) is 61.0 Å². The number of nitrogens with zero attached hydrogens (tertiary/aromatic N) is 3. The van der Waals surface area contributed by atoms with Crippen LogP contribution < -0.4 is 15.8 Å². The van der Waals surface area contributed by atoms with E-state index in [1.165, 1.54) is 0 Å². The van der Waals surface area contributed by atoms with E-state index in [4.69, 9.17) is 10.5 Å². The van der Waals surface area contributed by atoms with Gasteiger partial charge in [-0.25, -0.2) is 4.99 Å². The van der Waals surface area contributed by atoms with Crippen molar-refractivity contribution < 1.29 is 4.74 Å². The lowest BCUT2D eigenvalue weighted by atomic mass is 10.1. The summed E-state index contributed by atoms with van der Waals surface area (Å²) in [6.45, 7) is 8.96. The van der Waals surface area contributed by atoms with Crippen molar-refractivity contribution in [1.29, 1.82) is 0 Å². The summed E-state index contributed by atoms with van der Waals surface area (Å²) in [5.74, 6) is 1.81. The van der Waals surface area contributed by atoms with Crippen molar-refractivity contribution in [2.45, 2.75) is 52.7 Å². The number of aryl methyl sites for hydroxylation is 1. The van der Waals surface area contributed by atoms with Crippen LogP contribution in [0, 0.1) is 6.92 Å². The first-order valence-electron chi connectivity index (χ1n) is 8.32. The second-order valence-corrected chi connectivity index (χ2v) is 6.42. The average Bonchev–Trinajstić information content (AvgIpc) is 2.53. The van der Waals surface area contributed by atoms with Gasteiger partial charge in [-0.2, -0.15) is 4.99 Å². The number of thiol groups is 1. The van der Waals surface area contributed by atoms with Gasteiger partial charge in [0.05, 0.1) is 12.6 Å². The molecule has 0 spiro atoms. The summed E-state index contributed by atoms with van der Waals surface area (Å²) < 4.78 is 7.48. The molecule has 2 atom stereocenters. The zero-order valence-corrected chi connectivity index (χ0v) is 15.7. The third-order valence-electron chi connectivity index (χ3n) is 3.91. The van der Waals surface area contributed by atoms with Crippen LogP contribution in [0.15, 0.2) is 28.2 Å². The highest BCUT2D eigenvalue weighted by atomic mass is 32.1. The van der Waals surface area contributed by atoms with E-state index in [1.54, 1.807) is 4.31 Å². The zero-order valence-electron chi connectivity index (χ0n) is 14.8.